The van der Waals surface area contributed by atoms with E-state index in [1.807, 2.05) is 0 Å². The molecule has 4 aliphatic carbocycles. The summed E-state index contributed by atoms with van der Waals surface area (Å²) in [6.07, 6.45) is 13.7. The Bertz CT molecular complexity index is 774. The Balaban J connectivity index is 1.48. The largest absolute Gasteiger partial charge is 0.469 e. The van der Waals surface area contributed by atoms with Crippen LogP contribution < -0.4 is 0 Å². The van der Waals surface area contributed by atoms with Gasteiger partial charge in [-0.15, -0.1) is 0 Å². The summed E-state index contributed by atoms with van der Waals surface area (Å²) < 4.78 is 10.4. The van der Waals surface area contributed by atoms with Crippen LogP contribution >= 0.6 is 0 Å². The van der Waals surface area contributed by atoms with E-state index in [9.17, 15) is 14.7 Å². The number of esters is 2. The molecule has 3 saturated carbocycles. The van der Waals surface area contributed by atoms with Gasteiger partial charge in [-0.2, -0.15) is 0 Å². The van der Waals surface area contributed by atoms with Gasteiger partial charge in [0, 0.05) is 25.2 Å². The highest BCUT2D eigenvalue weighted by Crippen LogP contribution is 2.67. The van der Waals surface area contributed by atoms with Gasteiger partial charge in [-0.05, 0) is 92.8 Å². The van der Waals surface area contributed by atoms with Crippen LogP contribution in [0.3, 0.4) is 0 Å². The molecule has 1 N–H and O–H groups in total. The Morgan fingerprint density at radius 1 is 1.18 bits per heavy atom. The second-order valence-electron chi connectivity index (χ2n) is 11.8. The lowest BCUT2D eigenvalue weighted by molar-refractivity contribution is -0.149. The Hall–Kier alpha value is -1.36. The molecule has 0 radical (unpaired) electrons. The third-order valence-corrected chi connectivity index (χ3v) is 10.4. The fourth-order valence-electron chi connectivity index (χ4n) is 8.90. The zero-order valence-electron chi connectivity index (χ0n) is 21.1. The van der Waals surface area contributed by atoms with E-state index >= 15 is 0 Å². The average molecular weight is 461 g/mol. The van der Waals surface area contributed by atoms with Crippen LogP contribution in [0.25, 0.3) is 0 Å². The number of hydrogen-bond donors (Lipinski definition) is 1. The first-order chi connectivity index (χ1) is 15.7. The molecule has 0 heterocycles. The maximum absolute atomic E-state index is 11.5. The van der Waals surface area contributed by atoms with E-state index in [0.717, 1.165) is 50.4 Å². The van der Waals surface area contributed by atoms with Crippen molar-refractivity contribution >= 4 is 11.9 Å². The lowest BCUT2D eigenvalue weighted by Crippen LogP contribution is -2.53. The molecule has 0 aliphatic heterocycles. The third-order valence-electron chi connectivity index (χ3n) is 10.4. The molecule has 0 unspecified atom stereocenters. The van der Waals surface area contributed by atoms with E-state index in [-0.39, 0.29) is 30.1 Å². The zero-order chi connectivity index (χ0) is 23.8. The minimum atomic E-state index is -0.197. The second-order valence-corrected chi connectivity index (χ2v) is 11.8. The van der Waals surface area contributed by atoms with E-state index in [1.165, 1.54) is 45.3 Å². The normalized spacial score (nSPS) is 40.6. The molecule has 186 valence electrons. The number of hydrogen-bond acceptors (Lipinski definition) is 5. The minimum absolute atomic E-state index is 0.0273. The quantitative estimate of drug-likeness (QED) is 0.404. The summed E-state index contributed by atoms with van der Waals surface area (Å²) in [7, 11) is 1.47. The van der Waals surface area contributed by atoms with Gasteiger partial charge in [0.25, 0.3) is 0 Å². The lowest BCUT2D eigenvalue weighted by Gasteiger charge is -2.59. The molecule has 4 rings (SSSR count). The topological polar surface area (TPSA) is 72.8 Å². The number of rotatable bonds is 7. The van der Waals surface area contributed by atoms with Gasteiger partial charge in [-0.25, -0.2) is 0 Å². The highest BCUT2D eigenvalue weighted by molar-refractivity contribution is 5.69. The number of allylic oxidation sites excluding steroid dienone is 1. The molecule has 0 spiro atoms. The summed E-state index contributed by atoms with van der Waals surface area (Å²) in [4.78, 5) is 23.0. The maximum Gasteiger partial charge on any atom is 0.305 e. The molecular weight excluding hydrogens is 416 g/mol. The van der Waals surface area contributed by atoms with Gasteiger partial charge in [0.15, 0.2) is 0 Å². The van der Waals surface area contributed by atoms with Crippen molar-refractivity contribution in [1.82, 2.24) is 0 Å². The van der Waals surface area contributed by atoms with Crippen molar-refractivity contribution in [2.24, 2.45) is 40.4 Å². The van der Waals surface area contributed by atoms with Crippen molar-refractivity contribution in [3.8, 4) is 0 Å². The van der Waals surface area contributed by atoms with Crippen LogP contribution in [-0.2, 0) is 19.1 Å². The molecule has 0 aromatic rings. The van der Waals surface area contributed by atoms with Crippen molar-refractivity contribution in [2.45, 2.75) is 97.5 Å². The number of methoxy groups -OCH3 is 1. The number of fused-ring (bicyclic) bond motifs is 5. The lowest BCUT2D eigenvalue weighted by atomic mass is 9.46. The van der Waals surface area contributed by atoms with E-state index in [4.69, 9.17) is 9.47 Å². The van der Waals surface area contributed by atoms with Crippen LogP contribution in [0.5, 0.6) is 0 Å². The molecule has 5 heteroatoms. The monoisotopic (exact) mass is 460 g/mol. The van der Waals surface area contributed by atoms with Crippen LogP contribution in [0.2, 0.25) is 0 Å². The van der Waals surface area contributed by atoms with Gasteiger partial charge in [-0.1, -0.05) is 25.5 Å². The van der Waals surface area contributed by atoms with Crippen molar-refractivity contribution in [2.75, 3.05) is 13.7 Å². The Kier molecular flexibility index (Phi) is 7.29. The molecule has 4 aliphatic rings. The first kappa shape index (κ1) is 24.8. The summed E-state index contributed by atoms with van der Waals surface area (Å²) in [6.45, 7) is 6.66. The summed E-state index contributed by atoms with van der Waals surface area (Å²) in [5, 5.41) is 10.7. The highest BCUT2D eigenvalue weighted by atomic mass is 16.5. The molecular formula is C28H44O5. The van der Waals surface area contributed by atoms with Crippen LogP contribution in [0.15, 0.2) is 11.6 Å². The van der Waals surface area contributed by atoms with Crippen molar-refractivity contribution in [3.63, 3.8) is 0 Å². The minimum Gasteiger partial charge on any atom is -0.469 e. The van der Waals surface area contributed by atoms with Gasteiger partial charge in [0.1, 0.15) is 6.10 Å². The molecule has 0 aromatic heterocycles. The molecule has 8 atom stereocenters. The molecule has 0 saturated heterocycles. The smallest absolute Gasteiger partial charge is 0.305 e. The SMILES string of the molecule is COC(=O)CCC[C@@H](C)[C@H]1CC[C@H]2[C@@H]3CC=C4C[C@@H](OC(C)=O)CC[C@]4(CO)[C@H]3CC[C@]12C. The molecule has 0 amide bonds. The van der Waals surface area contributed by atoms with Gasteiger partial charge < -0.3 is 14.6 Å². The number of aliphatic hydroxyl groups excluding tert-OH is 1. The van der Waals surface area contributed by atoms with Crippen LogP contribution in [0, 0.1) is 40.4 Å². The Morgan fingerprint density at radius 2 is 1.97 bits per heavy atom. The van der Waals surface area contributed by atoms with Crippen LogP contribution in [0.4, 0.5) is 0 Å². The predicted octanol–water partition coefficient (Wildman–Crippen LogP) is 5.45. The van der Waals surface area contributed by atoms with Crippen LogP contribution in [-0.4, -0.2) is 36.9 Å². The molecule has 33 heavy (non-hydrogen) atoms. The van der Waals surface area contributed by atoms with E-state index in [0.29, 0.717) is 29.6 Å². The summed E-state index contributed by atoms with van der Waals surface area (Å²) in [5.41, 5.74) is 1.62. The van der Waals surface area contributed by atoms with Crippen molar-refractivity contribution in [3.05, 3.63) is 11.6 Å². The molecule has 0 aromatic carbocycles. The fraction of sp³-hybridized carbons (Fsp3) is 0.857. The van der Waals surface area contributed by atoms with Gasteiger partial charge >= 0.3 is 11.9 Å². The Morgan fingerprint density at radius 3 is 2.67 bits per heavy atom. The maximum atomic E-state index is 11.5. The number of carbonyl (C=O) groups is 2. The summed E-state index contributed by atoms with van der Waals surface area (Å²) >= 11 is 0. The van der Waals surface area contributed by atoms with Gasteiger partial charge in [-0.3, -0.25) is 9.59 Å². The van der Waals surface area contributed by atoms with Gasteiger partial charge in [0.05, 0.1) is 13.7 Å². The zero-order valence-corrected chi connectivity index (χ0v) is 21.1. The van der Waals surface area contributed by atoms with E-state index in [1.54, 1.807) is 0 Å². The molecule has 3 fully saturated rings. The predicted molar refractivity (Wildman–Crippen MR) is 127 cm³/mol. The average Bonchev–Trinajstić information content (AvgIpc) is 3.15. The van der Waals surface area contributed by atoms with Crippen molar-refractivity contribution < 1.29 is 24.2 Å². The van der Waals surface area contributed by atoms with Crippen molar-refractivity contribution in [1.29, 1.82) is 0 Å². The van der Waals surface area contributed by atoms with Gasteiger partial charge in [0.2, 0.25) is 0 Å². The van der Waals surface area contributed by atoms with Crippen LogP contribution in [0.1, 0.15) is 91.4 Å². The third kappa shape index (κ3) is 4.39. The summed E-state index contributed by atoms with van der Waals surface area (Å²) in [6, 6.07) is 0. The number of carbonyl (C=O) groups excluding carboxylic acids is 2. The number of ether oxygens (including phenoxy) is 2. The number of aliphatic hydroxyl groups is 1. The van der Waals surface area contributed by atoms with E-state index < -0.39 is 0 Å². The fourth-order valence-corrected chi connectivity index (χ4v) is 8.90. The first-order valence-corrected chi connectivity index (χ1v) is 13.3. The Labute approximate surface area is 199 Å². The molecule has 0 bridgehead atoms. The second kappa shape index (κ2) is 9.71. The molecule has 5 nitrogen and oxygen atoms in total. The highest BCUT2D eigenvalue weighted by Gasteiger charge is 2.60. The standard InChI is InChI=1S/C28H44O5/c1-18(6-5-7-26(31)32-4)23-10-11-24-22-9-8-20-16-21(33-19(2)30)12-15-28(20,17-29)25(22)13-14-27(23,24)3/h8,18,21-25,29H,5-7,9-17H2,1-4H3/t18-,21+,22+,23-,24+,25+,27-,28-/m1/s1. The first-order valence-electron chi connectivity index (χ1n) is 13.3. The van der Waals surface area contributed by atoms with E-state index in [2.05, 4.69) is 19.9 Å². The summed E-state index contributed by atoms with van der Waals surface area (Å²) in [5.74, 6) is 2.97.